The quantitative estimate of drug-likeness (QED) is 0.708. The van der Waals surface area contributed by atoms with Gasteiger partial charge in [0.2, 0.25) is 5.95 Å². The lowest BCUT2D eigenvalue weighted by Crippen LogP contribution is -2.30. The van der Waals surface area contributed by atoms with Gasteiger partial charge < -0.3 is 20.2 Å². The second-order valence-electron chi connectivity index (χ2n) is 4.47. The Morgan fingerprint density at radius 1 is 1.36 bits per heavy atom. The van der Waals surface area contributed by atoms with E-state index in [9.17, 15) is 9.59 Å². The van der Waals surface area contributed by atoms with Gasteiger partial charge in [0, 0.05) is 18.9 Å². The van der Waals surface area contributed by atoms with Gasteiger partial charge in [0.05, 0.1) is 24.3 Å². The molecule has 3 N–H and O–H groups in total. The van der Waals surface area contributed by atoms with Crippen LogP contribution in [0.4, 0.5) is 5.95 Å². The van der Waals surface area contributed by atoms with Gasteiger partial charge in [0.1, 0.15) is 5.76 Å². The molecule has 0 aromatic carbocycles. The van der Waals surface area contributed by atoms with Crippen molar-refractivity contribution in [1.82, 2.24) is 15.3 Å². The highest BCUT2D eigenvalue weighted by atomic mass is 16.4. The van der Waals surface area contributed by atoms with E-state index in [0.29, 0.717) is 18.3 Å². The zero-order valence-corrected chi connectivity index (χ0v) is 11.9. The fourth-order valence-corrected chi connectivity index (χ4v) is 1.82. The van der Waals surface area contributed by atoms with Crippen molar-refractivity contribution in [3.63, 3.8) is 0 Å². The van der Waals surface area contributed by atoms with Crippen LogP contribution in [0.15, 0.2) is 35.2 Å². The predicted octanol–water partition coefficient (Wildman–Crippen LogP) is 1.45. The smallest absolute Gasteiger partial charge is 0.305 e. The van der Waals surface area contributed by atoms with E-state index in [4.69, 9.17) is 9.52 Å². The van der Waals surface area contributed by atoms with Gasteiger partial charge in [-0.05, 0) is 19.1 Å². The number of furan rings is 1. The molecule has 0 aliphatic heterocycles. The normalized spacial score (nSPS) is 11.7. The van der Waals surface area contributed by atoms with E-state index >= 15 is 0 Å². The summed E-state index contributed by atoms with van der Waals surface area (Å²) in [6.07, 6.45) is 3.89. The Morgan fingerprint density at radius 2 is 2.09 bits per heavy atom. The van der Waals surface area contributed by atoms with E-state index in [-0.39, 0.29) is 12.0 Å². The SMILES string of the molecule is CCNc1ncc(C(=O)N[C@H](CC(=O)O)c2ccco2)cn1. The summed E-state index contributed by atoms with van der Waals surface area (Å²) in [5.41, 5.74) is 0.239. The maximum Gasteiger partial charge on any atom is 0.305 e. The van der Waals surface area contributed by atoms with Crippen LogP contribution in [-0.4, -0.2) is 33.5 Å². The predicted molar refractivity (Wildman–Crippen MR) is 77.4 cm³/mol. The summed E-state index contributed by atoms with van der Waals surface area (Å²) >= 11 is 0. The number of carbonyl (C=O) groups excluding carboxylic acids is 1. The van der Waals surface area contributed by atoms with E-state index in [2.05, 4.69) is 20.6 Å². The highest BCUT2D eigenvalue weighted by Gasteiger charge is 2.21. The average Bonchev–Trinajstić information content (AvgIpc) is 3.01. The monoisotopic (exact) mass is 304 g/mol. The van der Waals surface area contributed by atoms with Gasteiger partial charge in [0.25, 0.3) is 5.91 Å². The van der Waals surface area contributed by atoms with Crippen molar-refractivity contribution in [2.75, 3.05) is 11.9 Å². The summed E-state index contributed by atoms with van der Waals surface area (Å²) in [7, 11) is 0. The lowest BCUT2D eigenvalue weighted by Gasteiger charge is -2.14. The van der Waals surface area contributed by atoms with Gasteiger partial charge in [-0.15, -0.1) is 0 Å². The second-order valence-corrected chi connectivity index (χ2v) is 4.47. The first-order valence-electron chi connectivity index (χ1n) is 6.72. The Labute approximate surface area is 126 Å². The third kappa shape index (κ3) is 4.05. The molecule has 2 heterocycles. The van der Waals surface area contributed by atoms with Gasteiger partial charge in [-0.25, -0.2) is 9.97 Å². The van der Waals surface area contributed by atoms with Crippen molar-refractivity contribution >= 4 is 17.8 Å². The molecule has 0 unspecified atom stereocenters. The van der Waals surface area contributed by atoms with Crippen LogP contribution >= 0.6 is 0 Å². The zero-order valence-electron chi connectivity index (χ0n) is 11.9. The minimum atomic E-state index is -1.04. The van der Waals surface area contributed by atoms with Crippen molar-refractivity contribution in [3.05, 3.63) is 42.1 Å². The van der Waals surface area contributed by atoms with Crippen LogP contribution in [0.3, 0.4) is 0 Å². The molecular weight excluding hydrogens is 288 g/mol. The Balaban J connectivity index is 2.08. The van der Waals surface area contributed by atoms with Crippen LogP contribution in [0.1, 0.15) is 35.5 Å². The summed E-state index contributed by atoms with van der Waals surface area (Å²) in [6.45, 7) is 2.58. The molecule has 0 radical (unpaired) electrons. The number of carboxylic acids is 1. The summed E-state index contributed by atoms with van der Waals surface area (Å²) in [6, 6.07) is 2.48. The third-order valence-electron chi connectivity index (χ3n) is 2.82. The Morgan fingerprint density at radius 3 is 2.64 bits per heavy atom. The summed E-state index contributed by atoms with van der Waals surface area (Å²) in [5.74, 6) is -0.709. The van der Waals surface area contributed by atoms with Crippen LogP contribution in [0, 0.1) is 0 Å². The fourth-order valence-electron chi connectivity index (χ4n) is 1.82. The molecule has 1 amide bonds. The lowest BCUT2D eigenvalue weighted by atomic mass is 10.1. The number of carbonyl (C=O) groups is 2. The molecule has 2 aromatic rings. The Kier molecular flexibility index (Phi) is 5.07. The molecule has 2 aromatic heterocycles. The molecule has 22 heavy (non-hydrogen) atoms. The standard InChI is InChI=1S/C14H16N4O4/c1-2-15-14-16-7-9(8-17-14)13(21)18-10(6-12(19)20)11-4-3-5-22-11/h3-5,7-8,10H,2,6H2,1H3,(H,18,21)(H,19,20)(H,15,16,17)/t10-/m1/s1. The molecule has 0 aliphatic rings. The first-order valence-corrected chi connectivity index (χ1v) is 6.72. The van der Waals surface area contributed by atoms with Crippen molar-refractivity contribution in [3.8, 4) is 0 Å². The number of nitrogens with zero attached hydrogens (tertiary/aromatic N) is 2. The van der Waals surface area contributed by atoms with Crippen LogP contribution in [0.2, 0.25) is 0 Å². The van der Waals surface area contributed by atoms with Crippen LogP contribution in [-0.2, 0) is 4.79 Å². The van der Waals surface area contributed by atoms with Gasteiger partial charge in [-0.2, -0.15) is 0 Å². The number of nitrogens with one attached hydrogen (secondary N) is 2. The summed E-state index contributed by atoms with van der Waals surface area (Å²) in [4.78, 5) is 31.1. The Bertz CT molecular complexity index is 625. The number of aliphatic carboxylic acids is 1. The van der Waals surface area contributed by atoms with Gasteiger partial charge >= 0.3 is 5.97 Å². The van der Waals surface area contributed by atoms with E-state index in [1.54, 1.807) is 12.1 Å². The van der Waals surface area contributed by atoms with Gasteiger partial charge in [0.15, 0.2) is 0 Å². The molecule has 0 saturated carbocycles. The van der Waals surface area contributed by atoms with Crippen molar-refractivity contribution < 1.29 is 19.1 Å². The highest BCUT2D eigenvalue weighted by Crippen LogP contribution is 2.18. The molecule has 1 atom stereocenters. The maximum absolute atomic E-state index is 12.2. The summed E-state index contributed by atoms with van der Waals surface area (Å²) < 4.78 is 5.17. The molecule has 0 spiro atoms. The average molecular weight is 304 g/mol. The number of carboxylic acid groups (broad SMARTS) is 1. The molecular formula is C14H16N4O4. The van der Waals surface area contributed by atoms with Crippen molar-refractivity contribution in [2.45, 2.75) is 19.4 Å². The second kappa shape index (κ2) is 7.21. The molecule has 2 rings (SSSR count). The van der Waals surface area contributed by atoms with Crippen molar-refractivity contribution in [2.24, 2.45) is 0 Å². The first kappa shape index (κ1) is 15.5. The van der Waals surface area contributed by atoms with Crippen LogP contribution in [0.5, 0.6) is 0 Å². The number of amides is 1. The molecule has 0 saturated heterocycles. The Hall–Kier alpha value is -2.90. The van der Waals surface area contributed by atoms with Crippen LogP contribution < -0.4 is 10.6 Å². The largest absolute Gasteiger partial charge is 0.481 e. The van der Waals surface area contributed by atoms with E-state index in [1.165, 1.54) is 18.7 Å². The number of hydrogen-bond acceptors (Lipinski definition) is 6. The summed E-state index contributed by atoms with van der Waals surface area (Å²) in [5, 5.41) is 14.5. The molecule has 116 valence electrons. The molecule has 0 bridgehead atoms. The fraction of sp³-hybridized carbons (Fsp3) is 0.286. The van der Waals surface area contributed by atoms with Crippen molar-refractivity contribution in [1.29, 1.82) is 0 Å². The lowest BCUT2D eigenvalue weighted by molar-refractivity contribution is -0.137. The molecule has 0 fully saturated rings. The maximum atomic E-state index is 12.2. The minimum absolute atomic E-state index is 0.239. The zero-order chi connectivity index (χ0) is 15.9. The molecule has 0 aliphatic carbocycles. The van der Waals surface area contributed by atoms with E-state index in [0.717, 1.165) is 0 Å². The van der Waals surface area contributed by atoms with E-state index < -0.39 is 17.9 Å². The minimum Gasteiger partial charge on any atom is -0.481 e. The first-order chi connectivity index (χ1) is 10.6. The van der Waals surface area contributed by atoms with E-state index in [1.807, 2.05) is 6.92 Å². The number of anilines is 1. The van der Waals surface area contributed by atoms with Crippen LogP contribution in [0.25, 0.3) is 0 Å². The van der Waals surface area contributed by atoms with Gasteiger partial charge in [-0.1, -0.05) is 0 Å². The van der Waals surface area contributed by atoms with Gasteiger partial charge in [-0.3, -0.25) is 9.59 Å². The highest BCUT2D eigenvalue weighted by molar-refractivity contribution is 5.94. The topological polar surface area (TPSA) is 117 Å². The number of aromatic nitrogens is 2. The molecule has 8 heteroatoms. The third-order valence-corrected chi connectivity index (χ3v) is 2.82. The molecule has 8 nitrogen and oxygen atoms in total. The number of hydrogen-bond donors (Lipinski definition) is 3. The number of rotatable bonds is 7.